The summed E-state index contributed by atoms with van der Waals surface area (Å²) >= 11 is 0. The summed E-state index contributed by atoms with van der Waals surface area (Å²) in [5.74, 6) is 36.0. The van der Waals surface area contributed by atoms with Crippen LogP contribution in [0, 0.1) is 109 Å². The van der Waals surface area contributed by atoms with Crippen molar-refractivity contribution in [3.63, 3.8) is 0 Å². The summed E-state index contributed by atoms with van der Waals surface area (Å²) in [5.41, 5.74) is 6.04. The Morgan fingerprint density at radius 2 is 0.444 bits per heavy atom. The highest BCUT2D eigenvalue weighted by molar-refractivity contribution is 5.56. The van der Waals surface area contributed by atoms with Crippen LogP contribution in [-0.4, -0.2) is 0 Å². The van der Waals surface area contributed by atoms with Crippen LogP contribution in [0.3, 0.4) is 0 Å². The van der Waals surface area contributed by atoms with Gasteiger partial charge in [-0.25, -0.2) is 0 Å². The lowest BCUT2D eigenvalue weighted by molar-refractivity contribution is 1.56. The Labute approximate surface area is 213 Å². The topological polar surface area (TPSA) is 0 Å². The van der Waals surface area contributed by atoms with Crippen LogP contribution in [0.4, 0.5) is 0 Å². The van der Waals surface area contributed by atoms with Crippen LogP contribution in [0.5, 0.6) is 0 Å². The third-order valence-corrected chi connectivity index (χ3v) is 4.58. The molecule has 0 radical (unpaired) electrons. The second kappa shape index (κ2) is 12.1. The van der Waals surface area contributed by atoms with E-state index in [9.17, 15) is 0 Å². The lowest BCUT2D eigenvalue weighted by Gasteiger charge is -1.96. The van der Waals surface area contributed by atoms with Crippen molar-refractivity contribution in [3.05, 3.63) is 105 Å². The summed E-state index contributed by atoms with van der Waals surface area (Å²) < 4.78 is 0. The van der Waals surface area contributed by atoms with Crippen LogP contribution in [-0.2, 0) is 0 Å². The van der Waals surface area contributed by atoms with Gasteiger partial charge in [-0.1, -0.05) is 53.3 Å². The minimum atomic E-state index is 0.646. The summed E-state index contributed by atoms with van der Waals surface area (Å²) in [6, 6.07) is 16.0. The maximum absolute atomic E-state index is 5.59. The molecule has 0 fully saturated rings. The number of terminal acetylenes is 5. The van der Waals surface area contributed by atoms with E-state index in [1.54, 1.807) is 48.5 Å². The van der Waals surface area contributed by atoms with Crippen LogP contribution < -0.4 is 0 Å². The molecule has 0 aromatic heterocycles. The van der Waals surface area contributed by atoms with Gasteiger partial charge in [0.2, 0.25) is 0 Å². The van der Waals surface area contributed by atoms with Crippen molar-refractivity contribution < 1.29 is 0 Å². The average molecular weight is 447 g/mol. The van der Waals surface area contributed by atoms with Crippen molar-refractivity contribution in [2.24, 2.45) is 0 Å². The monoisotopic (exact) mass is 446 g/mol. The largest absolute Gasteiger partial charge is 0.115 e. The molecular formula is C36H14. The molecule has 0 unspecified atom stereocenters. The SMILES string of the molecule is C#Cc1cc(C#C)cc(C#CC#Cc2cc(C#C)cc(C#CC#Cc3cc(C#C)cc(C#C)c3)c2)c1. The molecule has 0 aliphatic heterocycles. The summed E-state index contributed by atoms with van der Waals surface area (Å²) in [6.45, 7) is 0. The van der Waals surface area contributed by atoms with E-state index in [2.05, 4.69) is 77.0 Å². The molecule has 36 heavy (non-hydrogen) atoms. The fraction of sp³-hybridized carbons (Fsp3) is 0. The van der Waals surface area contributed by atoms with E-state index in [1.807, 2.05) is 6.07 Å². The molecule has 0 aliphatic carbocycles. The fourth-order valence-electron chi connectivity index (χ4n) is 3.00. The molecule has 0 amide bonds. The molecule has 3 aromatic rings. The van der Waals surface area contributed by atoms with Crippen molar-refractivity contribution in [1.82, 2.24) is 0 Å². The third-order valence-electron chi connectivity index (χ3n) is 4.58. The minimum Gasteiger partial charge on any atom is -0.115 e. The quantitative estimate of drug-likeness (QED) is 0.449. The van der Waals surface area contributed by atoms with E-state index >= 15 is 0 Å². The Balaban J connectivity index is 1.85. The van der Waals surface area contributed by atoms with E-state index in [-0.39, 0.29) is 0 Å². The Bertz CT molecular complexity index is 1650. The molecular weight excluding hydrogens is 432 g/mol. The van der Waals surface area contributed by atoms with Crippen LogP contribution in [0.1, 0.15) is 50.1 Å². The first kappa shape index (κ1) is 24.3. The van der Waals surface area contributed by atoms with Crippen molar-refractivity contribution in [2.45, 2.75) is 0 Å². The van der Waals surface area contributed by atoms with E-state index in [1.165, 1.54) is 0 Å². The first-order valence-electron chi connectivity index (χ1n) is 10.4. The Morgan fingerprint density at radius 3 is 0.639 bits per heavy atom. The van der Waals surface area contributed by atoms with Gasteiger partial charge >= 0.3 is 0 Å². The zero-order chi connectivity index (χ0) is 25.8. The van der Waals surface area contributed by atoms with Gasteiger partial charge < -0.3 is 0 Å². The molecule has 0 saturated carbocycles. The molecule has 0 nitrogen and oxygen atoms in total. The van der Waals surface area contributed by atoms with Gasteiger partial charge in [-0.05, 0) is 78.3 Å². The number of benzene rings is 3. The molecule has 0 atom stereocenters. The molecule has 0 heterocycles. The number of rotatable bonds is 0. The Morgan fingerprint density at radius 1 is 0.278 bits per heavy atom. The fourth-order valence-corrected chi connectivity index (χ4v) is 3.00. The van der Waals surface area contributed by atoms with Crippen LogP contribution in [0.15, 0.2) is 54.6 Å². The summed E-state index contributed by atoms with van der Waals surface area (Å²) in [5, 5.41) is 0. The third kappa shape index (κ3) is 6.85. The first-order valence-corrected chi connectivity index (χ1v) is 10.4. The minimum absolute atomic E-state index is 0.646. The zero-order valence-corrected chi connectivity index (χ0v) is 19.1. The molecule has 0 saturated heterocycles. The van der Waals surface area contributed by atoms with E-state index < -0.39 is 0 Å². The van der Waals surface area contributed by atoms with Gasteiger partial charge in [0.15, 0.2) is 0 Å². The highest BCUT2D eigenvalue weighted by atomic mass is 14.0. The van der Waals surface area contributed by atoms with Gasteiger partial charge in [0, 0.05) is 50.1 Å². The smallest absolute Gasteiger partial charge is 0.0280 e. The van der Waals surface area contributed by atoms with Gasteiger partial charge in [-0.15, -0.1) is 32.1 Å². The summed E-state index contributed by atoms with van der Waals surface area (Å²) in [7, 11) is 0. The standard InChI is InChI=1S/C36H14/c1-6-28-19-29(7-2)22-33(21-28)15-11-13-17-35-25-32(10-5)26-36(27-35)18-14-12-16-34-23-30(8-3)20-31(9-4)24-34/h1-5,19-27H. The second-order valence-electron chi connectivity index (χ2n) is 7.12. The maximum atomic E-state index is 5.59. The lowest BCUT2D eigenvalue weighted by Crippen LogP contribution is -1.84. The predicted molar refractivity (Wildman–Crippen MR) is 147 cm³/mol. The van der Waals surface area contributed by atoms with Crippen LogP contribution in [0.25, 0.3) is 0 Å². The molecule has 158 valence electrons. The summed E-state index contributed by atoms with van der Waals surface area (Å²) in [6.07, 6.45) is 27.5. The van der Waals surface area contributed by atoms with E-state index in [0.717, 1.165) is 0 Å². The van der Waals surface area contributed by atoms with Crippen molar-refractivity contribution >= 4 is 0 Å². The maximum Gasteiger partial charge on any atom is 0.0280 e. The van der Waals surface area contributed by atoms with Gasteiger partial charge in [0.25, 0.3) is 0 Å². The summed E-state index contributed by atoms with van der Waals surface area (Å²) in [4.78, 5) is 0. The van der Waals surface area contributed by atoms with E-state index in [0.29, 0.717) is 50.1 Å². The highest BCUT2D eigenvalue weighted by Crippen LogP contribution is 2.10. The Kier molecular flexibility index (Phi) is 8.17. The molecule has 0 N–H and O–H groups in total. The molecule has 3 aromatic carbocycles. The van der Waals surface area contributed by atoms with Crippen LogP contribution >= 0.6 is 0 Å². The molecule has 0 heteroatoms. The van der Waals surface area contributed by atoms with Crippen LogP contribution in [0.2, 0.25) is 0 Å². The predicted octanol–water partition coefficient (Wildman–Crippen LogP) is 4.40. The normalized spacial score (nSPS) is 8.08. The molecule has 0 spiro atoms. The highest BCUT2D eigenvalue weighted by Gasteiger charge is 1.97. The number of hydrogen-bond acceptors (Lipinski definition) is 0. The van der Waals surface area contributed by atoms with Crippen molar-refractivity contribution in [2.75, 3.05) is 0 Å². The Hall–Kier alpha value is -6.30. The lowest BCUT2D eigenvalue weighted by atomic mass is 10.1. The molecule has 3 rings (SSSR count). The average Bonchev–Trinajstić information content (AvgIpc) is 2.92. The van der Waals surface area contributed by atoms with Gasteiger partial charge in [0.05, 0.1) is 0 Å². The molecule has 0 aliphatic rings. The van der Waals surface area contributed by atoms with E-state index in [4.69, 9.17) is 32.1 Å². The van der Waals surface area contributed by atoms with Gasteiger partial charge in [0.1, 0.15) is 0 Å². The van der Waals surface area contributed by atoms with Crippen molar-refractivity contribution in [1.29, 1.82) is 0 Å². The zero-order valence-electron chi connectivity index (χ0n) is 19.1. The molecule has 0 bridgehead atoms. The second-order valence-corrected chi connectivity index (χ2v) is 7.12. The number of hydrogen-bond donors (Lipinski definition) is 0. The first-order chi connectivity index (χ1) is 17.6. The van der Waals surface area contributed by atoms with Crippen molar-refractivity contribution in [3.8, 4) is 109 Å². The van der Waals surface area contributed by atoms with Gasteiger partial charge in [-0.2, -0.15) is 0 Å². The van der Waals surface area contributed by atoms with Gasteiger partial charge in [-0.3, -0.25) is 0 Å².